The number of benzene rings is 3. The van der Waals surface area contributed by atoms with Crippen LogP contribution in [0.4, 0.5) is 8.78 Å². The number of Topliss-reactive ketones (excluding diaryl/α,β-unsaturated/α-hetero) is 1. The minimum atomic E-state index is -0.847. The lowest BCUT2D eigenvalue weighted by atomic mass is 9.95. The highest BCUT2D eigenvalue weighted by molar-refractivity contribution is 5.98. The van der Waals surface area contributed by atoms with E-state index < -0.39 is 23.0 Å². The van der Waals surface area contributed by atoms with Gasteiger partial charge in [0.15, 0.2) is 5.78 Å². The fourth-order valence-electron chi connectivity index (χ4n) is 3.21. The highest BCUT2D eigenvalue weighted by Crippen LogP contribution is 2.29. The Bertz CT molecular complexity index is 1150. The number of ketones is 1. The average molecular weight is 390 g/mol. The molecule has 0 radical (unpaired) electrons. The molecule has 144 valence electrons. The third-order valence-electron chi connectivity index (χ3n) is 4.72. The predicted molar refractivity (Wildman–Crippen MR) is 104 cm³/mol. The molecule has 1 heterocycles. The Morgan fingerprint density at radius 1 is 0.966 bits per heavy atom. The Labute approximate surface area is 165 Å². The van der Waals surface area contributed by atoms with Crippen LogP contribution in [0, 0.1) is 18.6 Å². The molecule has 0 aliphatic rings. The van der Waals surface area contributed by atoms with E-state index in [4.69, 9.17) is 4.42 Å². The second-order valence-electron chi connectivity index (χ2n) is 6.67. The number of carbonyl (C=O) groups is 1. The van der Waals surface area contributed by atoms with Crippen LogP contribution < -0.4 is 0 Å². The number of rotatable bonds is 5. The molecule has 0 saturated heterocycles. The van der Waals surface area contributed by atoms with Crippen molar-refractivity contribution in [1.29, 1.82) is 0 Å². The van der Waals surface area contributed by atoms with Gasteiger partial charge in [0.1, 0.15) is 11.6 Å². The molecule has 1 aromatic heterocycles. The van der Waals surface area contributed by atoms with Crippen molar-refractivity contribution in [2.45, 2.75) is 13.3 Å². The minimum absolute atomic E-state index is 0.0842. The molecule has 3 aromatic carbocycles. The second kappa shape index (κ2) is 7.75. The molecule has 6 heteroatoms. The fourth-order valence-corrected chi connectivity index (χ4v) is 3.21. The van der Waals surface area contributed by atoms with E-state index in [9.17, 15) is 13.6 Å². The zero-order valence-electron chi connectivity index (χ0n) is 15.5. The number of hydrogen-bond donors (Lipinski definition) is 0. The van der Waals surface area contributed by atoms with Crippen LogP contribution in [0.25, 0.3) is 22.6 Å². The van der Waals surface area contributed by atoms with Crippen LogP contribution in [0.15, 0.2) is 71.5 Å². The Kier molecular flexibility index (Phi) is 4.99. The number of aryl methyl sites for hydroxylation is 1. The molecule has 0 spiro atoms. The topological polar surface area (TPSA) is 56.0 Å². The molecule has 0 unspecified atom stereocenters. The first-order valence-corrected chi connectivity index (χ1v) is 8.96. The molecule has 29 heavy (non-hydrogen) atoms. The van der Waals surface area contributed by atoms with Crippen molar-refractivity contribution in [3.63, 3.8) is 0 Å². The molecule has 0 N–H and O–H groups in total. The number of nitrogens with zero attached hydrogens (tertiary/aromatic N) is 2. The summed E-state index contributed by atoms with van der Waals surface area (Å²) in [5.41, 5.74) is 3.96. The number of hydrogen-bond acceptors (Lipinski definition) is 4. The SMILES string of the molecule is Cc1ccc(-c2nnco2)cc1-c1ccc(CC(=O)c2c(F)cccc2F)cc1. The maximum absolute atomic E-state index is 13.8. The number of aromatic nitrogens is 2. The van der Waals surface area contributed by atoms with Crippen LogP contribution >= 0.6 is 0 Å². The predicted octanol–water partition coefficient (Wildman–Crippen LogP) is 5.42. The quantitative estimate of drug-likeness (QED) is 0.427. The lowest BCUT2D eigenvalue weighted by molar-refractivity contribution is 0.0985. The molecule has 0 fully saturated rings. The van der Waals surface area contributed by atoms with Crippen LogP contribution in [0.5, 0.6) is 0 Å². The maximum atomic E-state index is 13.8. The summed E-state index contributed by atoms with van der Waals surface area (Å²) in [5.74, 6) is -1.86. The van der Waals surface area contributed by atoms with Gasteiger partial charge in [-0.1, -0.05) is 36.4 Å². The van der Waals surface area contributed by atoms with Crippen LogP contribution in [-0.2, 0) is 6.42 Å². The number of carbonyl (C=O) groups excluding carboxylic acids is 1. The molecule has 0 atom stereocenters. The monoisotopic (exact) mass is 390 g/mol. The molecule has 0 saturated carbocycles. The Morgan fingerprint density at radius 3 is 2.31 bits per heavy atom. The molecule has 0 aliphatic heterocycles. The molecular formula is C23H16F2N2O2. The maximum Gasteiger partial charge on any atom is 0.247 e. The molecule has 4 rings (SSSR count). The van der Waals surface area contributed by atoms with Crippen LogP contribution in [0.2, 0.25) is 0 Å². The first-order valence-electron chi connectivity index (χ1n) is 8.96. The summed E-state index contributed by atoms with van der Waals surface area (Å²) in [5, 5.41) is 7.62. The van der Waals surface area contributed by atoms with Crippen molar-refractivity contribution in [3.8, 4) is 22.6 Å². The van der Waals surface area contributed by atoms with Crippen molar-refractivity contribution in [2.24, 2.45) is 0 Å². The average Bonchev–Trinajstić information content (AvgIpc) is 3.24. The molecule has 0 aliphatic carbocycles. The zero-order valence-corrected chi connectivity index (χ0v) is 15.5. The van der Waals surface area contributed by atoms with E-state index in [0.29, 0.717) is 11.5 Å². The van der Waals surface area contributed by atoms with Crippen molar-refractivity contribution < 1.29 is 18.0 Å². The van der Waals surface area contributed by atoms with Gasteiger partial charge in [-0.15, -0.1) is 10.2 Å². The van der Waals surface area contributed by atoms with Crippen molar-refractivity contribution in [1.82, 2.24) is 10.2 Å². The van der Waals surface area contributed by atoms with Gasteiger partial charge >= 0.3 is 0 Å². The van der Waals surface area contributed by atoms with Gasteiger partial charge in [-0.2, -0.15) is 0 Å². The van der Waals surface area contributed by atoms with Gasteiger partial charge in [0, 0.05) is 12.0 Å². The second-order valence-corrected chi connectivity index (χ2v) is 6.67. The van der Waals surface area contributed by atoms with E-state index in [2.05, 4.69) is 10.2 Å². The van der Waals surface area contributed by atoms with E-state index in [1.165, 1.54) is 12.5 Å². The van der Waals surface area contributed by atoms with Gasteiger partial charge in [0.25, 0.3) is 0 Å². The summed E-state index contributed by atoms with van der Waals surface area (Å²) >= 11 is 0. The summed E-state index contributed by atoms with van der Waals surface area (Å²) in [4.78, 5) is 12.3. The summed E-state index contributed by atoms with van der Waals surface area (Å²) in [6.07, 6.45) is 1.19. The summed E-state index contributed by atoms with van der Waals surface area (Å²) < 4.78 is 32.9. The van der Waals surface area contributed by atoms with Crippen molar-refractivity contribution in [3.05, 3.63) is 95.4 Å². The standard InChI is InChI=1S/C23H16F2N2O2/c1-14-5-8-17(23-27-26-13-29-23)12-18(14)16-9-6-15(7-10-16)11-21(28)22-19(24)3-2-4-20(22)25/h2-10,12-13H,11H2,1H3. The Hall–Kier alpha value is -3.67. The van der Waals surface area contributed by atoms with Crippen molar-refractivity contribution >= 4 is 5.78 Å². The van der Waals surface area contributed by atoms with E-state index in [1.54, 1.807) is 12.1 Å². The molecular weight excluding hydrogens is 374 g/mol. The summed E-state index contributed by atoms with van der Waals surface area (Å²) in [6.45, 7) is 1.99. The van der Waals surface area contributed by atoms with Gasteiger partial charge < -0.3 is 4.42 Å². The van der Waals surface area contributed by atoms with Crippen LogP contribution in [0.3, 0.4) is 0 Å². The highest BCUT2D eigenvalue weighted by Gasteiger charge is 2.17. The van der Waals surface area contributed by atoms with E-state index in [0.717, 1.165) is 34.4 Å². The molecule has 0 bridgehead atoms. The third-order valence-corrected chi connectivity index (χ3v) is 4.72. The van der Waals surface area contributed by atoms with Gasteiger partial charge in [-0.3, -0.25) is 4.79 Å². The fraction of sp³-hybridized carbons (Fsp3) is 0.0870. The molecule has 4 nitrogen and oxygen atoms in total. The van der Waals surface area contributed by atoms with Gasteiger partial charge in [-0.25, -0.2) is 8.78 Å². The van der Waals surface area contributed by atoms with Gasteiger partial charge in [-0.05, 0) is 53.4 Å². The van der Waals surface area contributed by atoms with Gasteiger partial charge in [0.05, 0.1) is 5.56 Å². The first-order chi connectivity index (χ1) is 14.0. The Balaban J connectivity index is 1.59. The third kappa shape index (κ3) is 3.82. The molecule has 0 amide bonds. The summed E-state index contributed by atoms with van der Waals surface area (Å²) in [6, 6.07) is 16.5. The van der Waals surface area contributed by atoms with E-state index in [-0.39, 0.29) is 6.42 Å². The summed E-state index contributed by atoms with van der Waals surface area (Å²) in [7, 11) is 0. The largest absolute Gasteiger partial charge is 0.423 e. The van der Waals surface area contributed by atoms with Gasteiger partial charge in [0.2, 0.25) is 12.3 Å². The zero-order chi connectivity index (χ0) is 20.4. The van der Waals surface area contributed by atoms with Crippen molar-refractivity contribution in [2.75, 3.05) is 0 Å². The van der Waals surface area contributed by atoms with E-state index >= 15 is 0 Å². The normalized spacial score (nSPS) is 10.9. The van der Waals surface area contributed by atoms with E-state index in [1.807, 2.05) is 37.3 Å². The lowest BCUT2D eigenvalue weighted by Crippen LogP contribution is -2.09. The highest BCUT2D eigenvalue weighted by atomic mass is 19.1. The lowest BCUT2D eigenvalue weighted by Gasteiger charge is -2.09. The Morgan fingerprint density at radius 2 is 1.66 bits per heavy atom. The molecule has 4 aromatic rings. The van der Waals surface area contributed by atoms with Crippen LogP contribution in [-0.4, -0.2) is 16.0 Å². The minimum Gasteiger partial charge on any atom is -0.423 e. The first kappa shape index (κ1) is 18.7. The number of halogens is 2. The smallest absolute Gasteiger partial charge is 0.247 e. The van der Waals surface area contributed by atoms with Crippen LogP contribution in [0.1, 0.15) is 21.5 Å².